The van der Waals surface area contributed by atoms with Crippen LogP contribution in [0, 0.1) is 6.92 Å². The molecule has 0 heterocycles. The highest BCUT2D eigenvalue weighted by Crippen LogP contribution is 2.49. The molecule has 4 nitrogen and oxygen atoms in total. The molecule has 1 aromatic carbocycles. The van der Waals surface area contributed by atoms with Crippen LogP contribution in [-0.4, -0.2) is 28.4 Å². The summed E-state index contributed by atoms with van der Waals surface area (Å²) in [6.45, 7) is 10.7. The highest BCUT2D eigenvalue weighted by molar-refractivity contribution is 5.67. The Balaban J connectivity index is 3.23. The first-order valence-electron chi connectivity index (χ1n) is 8.96. The van der Waals surface area contributed by atoms with Crippen LogP contribution in [-0.2, 0) is 6.42 Å². The van der Waals surface area contributed by atoms with E-state index < -0.39 is 0 Å². The number of benzene rings is 1. The van der Waals surface area contributed by atoms with E-state index in [0.717, 1.165) is 30.4 Å². The molecule has 0 radical (unpaired) electrons. The molecule has 26 heavy (non-hydrogen) atoms. The van der Waals surface area contributed by atoms with Crippen molar-refractivity contribution >= 4 is 0 Å². The Morgan fingerprint density at radius 2 is 1.23 bits per heavy atom. The van der Waals surface area contributed by atoms with E-state index in [-0.39, 0.29) is 0 Å². The van der Waals surface area contributed by atoms with Gasteiger partial charge in [0.25, 0.3) is 0 Å². The Bertz CT molecular complexity index is 680. The van der Waals surface area contributed by atoms with Crippen molar-refractivity contribution in [1.29, 1.82) is 0 Å². The van der Waals surface area contributed by atoms with E-state index in [4.69, 9.17) is 18.9 Å². The first-order chi connectivity index (χ1) is 12.3. The Hall–Kier alpha value is -2.10. The smallest absolute Gasteiger partial charge is 0.207 e. The first-order valence-corrected chi connectivity index (χ1v) is 8.96. The number of ether oxygens (including phenoxy) is 4. The van der Waals surface area contributed by atoms with Crippen LogP contribution in [0.4, 0.5) is 0 Å². The number of hydrogen-bond acceptors (Lipinski definition) is 4. The van der Waals surface area contributed by atoms with Gasteiger partial charge in [0, 0.05) is 11.1 Å². The van der Waals surface area contributed by atoms with Crippen molar-refractivity contribution in [2.24, 2.45) is 0 Å². The number of hydrogen-bond donors (Lipinski definition) is 0. The maximum absolute atomic E-state index is 5.65. The number of rotatable bonds is 9. The summed E-state index contributed by atoms with van der Waals surface area (Å²) < 4.78 is 22.3. The molecule has 0 aliphatic heterocycles. The van der Waals surface area contributed by atoms with Crippen molar-refractivity contribution in [3.63, 3.8) is 0 Å². The fourth-order valence-electron chi connectivity index (χ4n) is 2.91. The van der Waals surface area contributed by atoms with Crippen LogP contribution in [0.2, 0.25) is 0 Å². The molecule has 1 rings (SSSR count). The van der Waals surface area contributed by atoms with E-state index in [9.17, 15) is 0 Å². The van der Waals surface area contributed by atoms with E-state index in [0.29, 0.717) is 23.0 Å². The minimum atomic E-state index is 0.563. The fraction of sp³-hybridized carbons (Fsp3) is 0.545. The summed E-state index contributed by atoms with van der Waals surface area (Å²) in [5.41, 5.74) is 6.28. The highest BCUT2D eigenvalue weighted by atomic mass is 16.5. The van der Waals surface area contributed by atoms with Crippen molar-refractivity contribution in [2.45, 2.75) is 53.9 Å². The summed E-state index contributed by atoms with van der Waals surface area (Å²) in [7, 11) is 6.52. The molecule has 0 aliphatic carbocycles. The molecule has 0 atom stereocenters. The van der Waals surface area contributed by atoms with Crippen LogP contribution in [0.1, 0.15) is 51.7 Å². The zero-order valence-corrected chi connectivity index (χ0v) is 17.8. The molecule has 0 aliphatic rings. The largest absolute Gasteiger partial charge is 0.492 e. The van der Waals surface area contributed by atoms with Crippen molar-refractivity contribution < 1.29 is 18.9 Å². The van der Waals surface area contributed by atoms with Crippen molar-refractivity contribution in [3.05, 3.63) is 33.9 Å². The molecule has 0 spiro atoms. The van der Waals surface area contributed by atoms with Crippen LogP contribution in [0.3, 0.4) is 0 Å². The van der Waals surface area contributed by atoms with Gasteiger partial charge in [-0.3, -0.25) is 0 Å². The van der Waals surface area contributed by atoms with Gasteiger partial charge in [-0.25, -0.2) is 0 Å². The van der Waals surface area contributed by atoms with Gasteiger partial charge < -0.3 is 18.9 Å². The average molecular weight is 363 g/mol. The molecule has 0 N–H and O–H groups in total. The molecule has 0 fully saturated rings. The van der Waals surface area contributed by atoms with Gasteiger partial charge in [0.05, 0.1) is 28.4 Å². The predicted molar refractivity (Wildman–Crippen MR) is 108 cm³/mol. The minimum Gasteiger partial charge on any atom is -0.492 e. The molecule has 146 valence electrons. The fourth-order valence-corrected chi connectivity index (χ4v) is 2.91. The van der Waals surface area contributed by atoms with Gasteiger partial charge in [0.1, 0.15) is 0 Å². The summed E-state index contributed by atoms with van der Waals surface area (Å²) in [6.07, 6.45) is 5.17. The molecule has 0 aromatic heterocycles. The van der Waals surface area contributed by atoms with Gasteiger partial charge in [-0.1, -0.05) is 22.8 Å². The highest BCUT2D eigenvalue weighted by Gasteiger charge is 2.24. The standard InChI is InChI=1S/C22H34O4/c1-14(2)16(4)12-10-15(3)11-13-18-17(5)19(23-6)21(25-8)22(26-9)20(18)24-7/h11H,10,12-13H2,1-9H3. The Morgan fingerprint density at radius 3 is 1.69 bits per heavy atom. The lowest BCUT2D eigenvalue weighted by atomic mass is 9.98. The van der Waals surface area contributed by atoms with Gasteiger partial charge in [0.2, 0.25) is 11.5 Å². The van der Waals surface area contributed by atoms with Crippen LogP contribution in [0.25, 0.3) is 0 Å². The minimum absolute atomic E-state index is 0.563. The molecule has 0 bridgehead atoms. The molecular weight excluding hydrogens is 328 g/mol. The summed E-state index contributed by atoms with van der Waals surface area (Å²) >= 11 is 0. The SMILES string of the molecule is COc1c(C)c(CC=C(C)CCC(C)=C(C)C)c(OC)c(OC)c1OC. The molecule has 0 unspecified atom stereocenters. The van der Waals surface area contributed by atoms with Crippen LogP contribution < -0.4 is 18.9 Å². The normalized spacial score (nSPS) is 11.2. The number of allylic oxidation sites excluding steroid dienone is 4. The van der Waals surface area contributed by atoms with Crippen molar-refractivity contribution in [1.82, 2.24) is 0 Å². The van der Waals surface area contributed by atoms with Gasteiger partial charge >= 0.3 is 0 Å². The molecule has 0 saturated heterocycles. The quantitative estimate of drug-likeness (QED) is 0.532. The zero-order chi connectivity index (χ0) is 19.9. The van der Waals surface area contributed by atoms with Crippen LogP contribution in [0.5, 0.6) is 23.0 Å². The van der Waals surface area contributed by atoms with Gasteiger partial charge in [-0.05, 0) is 53.9 Å². The van der Waals surface area contributed by atoms with Gasteiger partial charge in [-0.15, -0.1) is 0 Å². The molecule has 4 heteroatoms. The lowest BCUT2D eigenvalue weighted by Crippen LogP contribution is -2.04. The lowest BCUT2D eigenvalue weighted by molar-refractivity contribution is 0.302. The second-order valence-corrected chi connectivity index (χ2v) is 6.77. The van der Waals surface area contributed by atoms with Crippen molar-refractivity contribution in [3.8, 4) is 23.0 Å². The maximum Gasteiger partial charge on any atom is 0.207 e. The Labute approximate surface area is 158 Å². The summed E-state index contributed by atoms with van der Waals surface area (Å²) in [4.78, 5) is 0. The van der Waals surface area contributed by atoms with E-state index in [1.54, 1.807) is 28.4 Å². The van der Waals surface area contributed by atoms with Crippen molar-refractivity contribution in [2.75, 3.05) is 28.4 Å². The molecule has 0 amide bonds. The summed E-state index contributed by atoms with van der Waals surface area (Å²) in [5.74, 6) is 2.52. The average Bonchev–Trinajstić information content (AvgIpc) is 2.63. The molecular formula is C22H34O4. The second kappa shape index (κ2) is 10.1. The van der Waals surface area contributed by atoms with Gasteiger partial charge in [-0.2, -0.15) is 0 Å². The van der Waals surface area contributed by atoms with E-state index in [1.165, 1.54) is 16.7 Å². The molecule has 0 saturated carbocycles. The predicted octanol–water partition coefficient (Wildman–Crippen LogP) is 5.65. The van der Waals surface area contributed by atoms with E-state index >= 15 is 0 Å². The monoisotopic (exact) mass is 362 g/mol. The maximum atomic E-state index is 5.65. The third-order valence-corrected chi connectivity index (χ3v) is 4.91. The summed E-state index contributed by atoms with van der Waals surface area (Å²) in [5, 5.41) is 0. The third-order valence-electron chi connectivity index (χ3n) is 4.91. The topological polar surface area (TPSA) is 36.9 Å². The number of methoxy groups -OCH3 is 4. The van der Waals surface area contributed by atoms with Gasteiger partial charge in [0.15, 0.2) is 11.5 Å². The van der Waals surface area contributed by atoms with E-state index in [1.807, 2.05) is 6.92 Å². The zero-order valence-electron chi connectivity index (χ0n) is 17.8. The summed E-state index contributed by atoms with van der Waals surface area (Å²) in [6, 6.07) is 0. The second-order valence-electron chi connectivity index (χ2n) is 6.77. The molecule has 1 aromatic rings. The van der Waals surface area contributed by atoms with Crippen LogP contribution in [0.15, 0.2) is 22.8 Å². The Kier molecular flexibility index (Phi) is 8.56. The first kappa shape index (κ1) is 21.9. The van der Waals surface area contributed by atoms with E-state index in [2.05, 4.69) is 33.8 Å². The van der Waals surface area contributed by atoms with Crippen LogP contribution >= 0.6 is 0 Å². The third kappa shape index (κ3) is 4.96. The lowest BCUT2D eigenvalue weighted by Gasteiger charge is -2.21. The Morgan fingerprint density at radius 1 is 0.731 bits per heavy atom.